The maximum absolute atomic E-state index is 11.1. The topological polar surface area (TPSA) is 29.5 Å². The summed E-state index contributed by atoms with van der Waals surface area (Å²) >= 11 is 0. The zero-order chi connectivity index (χ0) is 12.1. The van der Waals surface area contributed by atoms with E-state index in [1.165, 1.54) is 12.8 Å². The average Bonchev–Trinajstić information content (AvgIpc) is 2.63. The molecule has 0 unspecified atom stereocenters. The molecule has 1 fully saturated rings. The minimum atomic E-state index is 0. The third-order valence-electron chi connectivity index (χ3n) is 3.61. The summed E-state index contributed by atoms with van der Waals surface area (Å²) in [5, 5.41) is 11.1. The van der Waals surface area contributed by atoms with Crippen molar-refractivity contribution in [3.05, 3.63) is 0 Å². The van der Waals surface area contributed by atoms with Crippen LogP contribution >= 0.6 is 0 Å². The monoisotopic (exact) mass is 234 g/mol. The number of hydrogen-bond donors (Lipinski definition) is 0. The van der Waals surface area contributed by atoms with Crippen LogP contribution in [0.1, 0.15) is 33.1 Å². The van der Waals surface area contributed by atoms with E-state index >= 15 is 0 Å². The maximum Gasteiger partial charge on any atom is 1.00 e. The van der Waals surface area contributed by atoms with Gasteiger partial charge in [0.25, 0.3) is 0 Å². The Kier molecular flexibility index (Phi) is 8.80. The molecule has 1 saturated heterocycles. The van der Waals surface area contributed by atoms with Crippen molar-refractivity contribution >= 4 is 0 Å². The van der Waals surface area contributed by atoms with E-state index in [2.05, 4.69) is 37.7 Å². The van der Waals surface area contributed by atoms with Crippen LogP contribution in [-0.2, 0) is 0 Å². The van der Waals surface area contributed by atoms with Crippen molar-refractivity contribution < 1.29 is 24.0 Å². The molecule has 0 aliphatic carbocycles. The first-order chi connectivity index (χ1) is 7.54. The fourth-order valence-electron chi connectivity index (χ4n) is 2.59. The van der Waals surface area contributed by atoms with Gasteiger partial charge in [-0.3, -0.25) is 0 Å². The molecule has 0 radical (unpaired) electrons. The van der Waals surface area contributed by atoms with Gasteiger partial charge in [-0.15, -0.1) is 6.61 Å². The summed E-state index contributed by atoms with van der Waals surface area (Å²) in [5.41, 5.74) is 0. The van der Waals surface area contributed by atoms with Crippen LogP contribution in [0.2, 0.25) is 0 Å². The molecule has 0 saturated carbocycles. The number of rotatable bonds is 6. The van der Waals surface area contributed by atoms with Gasteiger partial charge < -0.3 is 14.9 Å². The van der Waals surface area contributed by atoms with Crippen LogP contribution in [0.25, 0.3) is 0 Å². The Morgan fingerprint density at radius 3 is 2.47 bits per heavy atom. The fraction of sp³-hybridized carbons (Fsp3) is 1.00. The predicted octanol–water partition coefficient (Wildman–Crippen LogP) is -2.21. The van der Waals surface area contributed by atoms with E-state index in [-0.39, 0.29) is 25.5 Å². The van der Waals surface area contributed by atoms with Crippen LogP contribution in [0.4, 0.5) is 0 Å². The van der Waals surface area contributed by atoms with Crippen LogP contribution in [0, 0.1) is 5.92 Å². The Hall–Kier alpha value is 0.477. The molecule has 2 atom stereocenters. The maximum atomic E-state index is 11.1. The van der Waals surface area contributed by atoms with Gasteiger partial charge in [0.2, 0.25) is 0 Å². The molecule has 0 N–H and O–H groups in total. The molecule has 4 heteroatoms. The predicted molar refractivity (Wildman–Crippen MR) is 66.4 cm³/mol. The molecule has 0 amide bonds. The summed E-state index contributed by atoms with van der Waals surface area (Å²) in [6.45, 7) is 6.80. The van der Waals surface area contributed by atoms with Gasteiger partial charge in [-0.2, -0.15) is 0 Å². The summed E-state index contributed by atoms with van der Waals surface area (Å²) in [7, 11) is 4.30. The summed E-state index contributed by atoms with van der Waals surface area (Å²) < 4.78 is 0. The molecule has 3 nitrogen and oxygen atoms in total. The van der Waals surface area contributed by atoms with E-state index < -0.39 is 0 Å². The van der Waals surface area contributed by atoms with Gasteiger partial charge in [0, 0.05) is 12.6 Å². The van der Waals surface area contributed by atoms with Crippen molar-refractivity contribution in [1.29, 1.82) is 0 Å². The van der Waals surface area contributed by atoms with Gasteiger partial charge in [-0.1, -0.05) is 13.8 Å². The van der Waals surface area contributed by atoms with E-state index in [0.29, 0.717) is 12.1 Å². The van der Waals surface area contributed by atoms with E-state index in [1.807, 2.05) is 0 Å². The van der Waals surface area contributed by atoms with Crippen LogP contribution in [-0.4, -0.2) is 55.7 Å². The van der Waals surface area contributed by atoms with Crippen molar-refractivity contribution in [2.45, 2.75) is 45.2 Å². The van der Waals surface area contributed by atoms with E-state index in [9.17, 15) is 5.11 Å². The Balaban J connectivity index is 0.00000256. The third-order valence-corrected chi connectivity index (χ3v) is 3.61. The van der Waals surface area contributed by atoms with Gasteiger partial charge in [0.05, 0.1) is 0 Å². The van der Waals surface area contributed by atoms with Gasteiger partial charge in [0.15, 0.2) is 0 Å². The molecule has 1 rings (SSSR count). The molecule has 1 heterocycles. The summed E-state index contributed by atoms with van der Waals surface area (Å²) in [6, 6.07) is 0.891. The normalized spacial score (nSPS) is 23.1. The number of hydrogen-bond acceptors (Lipinski definition) is 3. The van der Waals surface area contributed by atoms with Crippen molar-refractivity contribution in [3.63, 3.8) is 0 Å². The summed E-state index contributed by atoms with van der Waals surface area (Å²) in [5.74, 6) is 0.723. The number of nitrogens with zero attached hydrogens (tertiary/aromatic N) is 2. The van der Waals surface area contributed by atoms with E-state index in [0.717, 1.165) is 25.4 Å². The van der Waals surface area contributed by atoms with Crippen LogP contribution in [0.5, 0.6) is 0 Å². The van der Waals surface area contributed by atoms with Crippen LogP contribution < -0.4 is 24.0 Å². The van der Waals surface area contributed by atoms with Crippen molar-refractivity contribution in [3.8, 4) is 0 Å². The smallest absolute Gasteiger partial charge is 0.853 e. The minimum Gasteiger partial charge on any atom is -0.853 e. The number of likely N-dealkylation sites (tertiary alicyclic amines) is 1. The van der Waals surface area contributed by atoms with Gasteiger partial charge in [-0.05, 0) is 51.9 Å². The summed E-state index contributed by atoms with van der Waals surface area (Å²) in [4.78, 5) is 4.71. The Morgan fingerprint density at radius 1 is 1.35 bits per heavy atom. The quantitative estimate of drug-likeness (QED) is 0.488. The van der Waals surface area contributed by atoms with Crippen LogP contribution in [0.3, 0.4) is 0 Å². The molecule has 0 bridgehead atoms. The Labute approximate surface area is 119 Å². The second-order valence-corrected chi connectivity index (χ2v) is 5.70. The first kappa shape index (κ1) is 17.5. The molecule has 17 heavy (non-hydrogen) atoms. The molecule has 0 aromatic heterocycles. The molecule has 96 valence electrons. The van der Waals surface area contributed by atoms with Crippen molar-refractivity contribution in [2.75, 3.05) is 33.8 Å². The zero-order valence-electron chi connectivity index (χ0n) is 12.3. The Morgan fingerprint density at radius 2 is 2.00 bits per heavy atom. The van der Waals surface area contributed by atoms with Crippen molar-refractivity contribution in [2.24, 2.45) is 5.92 Å². The molecule has 0 spiro atoms. The third kappa shape index (κ3) is 5.76. The van der Waals surface area contributed by atoms with Crippen molar-refractivity contribution in [1.82, 2.24) is 9.80 Å². The van der Waals surface area contributed by atoms with E-state index in [4.69, 9.17) is 0 Å². The SMILES string of the molecule is CC(C)C[C@@H](CN1CCC[C@H]1C[O-])N(C)C.[Li+]. The number of likely N-dealkylation sites (N-methyl/N-ethyl adjacent to an activating group) is 1. The minimum absolute atomic E-state index is 0. The first-order valence-electron chi connectivity index (χ1n) is 6.53. The fourth-order valence-corrected chi connectivity index (χ4v) is 2.59. The molecular weight excluding hydrogens is 207 g/mol. The second kappa shape index (κ2) is 8.56. The standard InChI is InChI=1S/C13H27N2O.Li/c1-11(2)8-13(14(3)4)9-15-7-5-6-12(15)10-16;/h11-13H,5-10H2,1-4H3;/q-1;+1/t12-,13-;/m0./s1. The van der Waals surface area contributed by atoms with E-state index in [1.54, 1.807) is 0 Å². The van der Waals surface area contributed by atoms with Gasteiger partial charge in [0.1, 0.15) is 0 Å². The summed E-state index contributed by atoms with van der Waals surface area (Å²) in [6.07, 6.45) is 3.52. The molecular formula is C13H27LiN2O. The molecule has 0 aromatic carbocycles. The Bertz CT molecular complexity index is 200. The second-order valence-electron chi connectivity index (χ2n) is 5.70. The zero-order valence-corrected chi connectivity index (χ0v) is 12.3. The van der Waals surface area contributed by atoms with Gasteiger partial charge >= 0.3 is 18.9 Å². The average molecular weight is 234 g/mol. The molecule has 0 aromatic rings. The van der Waals surface area contributed by atoms with Crippen LogP contribution in [0.15, 0.2) is 0 Å². The largest absolute Gasteiger partial charge is 1.00 e. The first-order valence-corrected chi connectivity index (χ1v) is 6.53. The molecule has 1 aliphatic heterocycles. The van der Waals surface area contributed by atoms with Gasteiger partial charge in [-0.25, -0.2) is 0 Å². The molecule has 1 aliphatic rings.